The van der Waals surface area contributed by atoms with Crippen LogP contribution in [0.3, 0.4) is 0 Å². The second-order valence-electron chi connectivity index (χ2n) is 7.89. The van der Waals surface area contributed by atoms with E-state index in [0.717, 1.165) is 11.1 Å². The molecular weight excluding hydrogens is 426 g/mol. The molecule has 1 fully saturated rings. The summed E-state index contributed by atoms with van der Waals surface area (Å²) in [5, 5.41) is 5.55. The highest BCUT2D eigenvalue weighted by molar-refractivity contribution is 7.88. The van der Waals surface area contributed by atoms with E-state index in [0.29, 0.717) is 43.7 Å². The van der Waals surface area contributed by atoms with Crippen molar-refractivity contribution in [2.24, 2.45) is 5.92 Å². The van der Waals surface area contributed by atoms with Gasteiger partial charge >= 0.3 is 0 Å². The monoisotopic (exact) mass is 455 g/mol. The van der Waals surface area contributed by atoms with Gasteiger partial charge in [-0.3, -0.25) is 9.59 Å². The lowest BCUT2D eigenvalue weighted by Gasteiger charge is -2.30. The maximum absolute atomic E-state index is 12.9. The molecule has 8 heteroatoms. The molecule has 0 spiro atoms. The van der Waals surface area contributed by atoms with E-state index >= 15 is 0 Å². The topological polar surface area (TPSA) is 95.6 Å². The van der Waals surface area contributed by atoms with Crippen molar-refractivity contribution < 1.29 is 18.0 Å². The van der Waals surface area contributed by atoms with Crippen molar-refractivity contribution in [2.75, 3.05) is 25.0 Å². The van der Waals surface area contributed by atoms with Crippen molar-refractivity contribution in [1.82, 2.24) is 9.62 Å². The molecule has 1 aliphatic heterocycles. The molecule has 32 heavy (non-hydrogen) atoms. The number of sulfonamides is 1. The van der Waals surface area contributed by atoms with Gasteiger partial charge in [0.15, 0.2) is 0 Å². The molecule has 1 heterocycles. The zero-order valence-electron chi connectivity index (χ0n) is 18.2. The third kappa shape index (κ3) is 5.83. The average Bonchev–Trinajstić information content (AvgIpc) is 2.79. The second-order valence-corrected chi connectivity index (χ2v) is 9.86. The van der Waals surface area contributed by atoms with Crippen LogP contribution in [0.25, 0.3) is 0 Å². The molecule has 3 rings (SSSR count). The predicted molar refractivity (Wildman–Crippen MR) is 126 cm³/mol. The molecule has 0 saturated carbocycles. The van der Waals surface area contributed by atoms with Crippen LogP contribution in [0, 0.1) is 12.8 Å². The van der Waals surface area contributed by atoms with Gasteiger partial charge in [0.25, 0.3) is 5.91 Å². The second kappa shape index (κ2) is 10.6. The molecule has 0 aromatic heterocycles. The molecule has 7 nitrogen and oxygen atoms in total. The highest BCUT2D eigenvalue weighted by atomic mass is 32.2. The standard InChI is InChI=1S/C24H29N3O4S/c1-3-14-25-24(29)21-10-6-7-11-22(21)26-23(28)19-12-15-27(16-13-19)32(30,31)17-20-9-5-4-8-18(20)2/h3-11,19H,1,12-17H2,2H3,(H,25,29)(H,26,28). The summed E-state index contributed by atoms with van der Waals surface area (Å²) < 4.78 is 27.2. The summed E-state index contributed by atoms with van der Waals surface area (Å²) in [6, 6.07) is 14.3. The summed E-state index contributed by atoms with van der Waals surface area (Å²) in [4.78, 5) is 25.1. The van der Waals surface area contributed by atoms with Crippen molar-refractivity contribution in [3.05, 3.63) is 77.9 Å². The van der Waals surface area contributed by atoms with Gasteiger partial charge in [-0.25, -0.2) is 12.7 Å². The van der Waals surface area contributed by atoms with Gasteiger partial charge in [-0.2, -0.15) is 0 Å². The number of aryl methyl sites for hydroxylation is 1. The van der Waals surface area contributed by atoms with E-state index in [1.165, 1.54) is 4.31 Å². The first-order chi connectivity index (χ1) is 15.3. The number of hydrogen-bond acceptors (Lipinski definition) is 4. The van der Waals surface area contributed by atoms with Gasteiger partial charge in [0.05, 0.1) is 17.0 Å². The quantitative estimate of drug-likeness (QED) is 0.598. The first kappa shape index (κ1) is 23.7. The van der Waals surface area contributed by atoms with Crippen LogP contribution in [0.5, 0.6) is 0 Å². The van der Waals surface area contributed by atoms with E-state index in [1.54, 1.807) is 30.3 Å². The number of hydrogen-bond donors (Lipinski definition) is 2. The fourth-order valence-electron chi connectivity index (χ4n) is 3.74. The molecule has 1 saturated heterocycles. The smallest absolute Gasteiger partial charge is 0.253 e. The normalized spacial score (nSPS) is 15.2. The summed E-state index contributed by atoms with van der Waals surface area (Å²) in [5.41, 5.74) is 2.55. The van der Waals surface area contributed by atoms with E-state index in [-0.39, 0.29) is 23.5 Å². The Morgan fingerprint density at radius 2 is 1.75 bits per heavy atom. The average molecular weight is 456 g/mol. The van der Waals surface area contributed by atoms with Crippen LogP contribution < -0.4 is 10.6 Å². The lowest BCUT2D eigenvalue weighted by molar-refractivity contribution is -0.120. The minimum absolute atomic E-state index is 0.0380. The highest BCUT2D eigenvalue weighted by Crippen LogP contribution is 2.24. The summed E-state index contributed by atoms with van der Waals surface area (Å²) in [5.74, 6) is -0.851. The number of nitrogens with zero attached hydrogens (tertiary/aromatic N) is 1. The first-order valence-corrected chi connectivity index (χ1v) is 12.2. The molecule has 170 valence electrons. The van der Waals surface area contributed by atoms with Crippen molar-refractivity contribution >= 4 is 27.5 Å². The Bertz CT molecular complexity index is 1090. The maximum Gasteiger partial charge on any atom is 0.253 e. The number of benzene rings is 2. The van der Waals surface area contributed by atoms with Gasteiger partial charge in [0.1, 0.15) is 0 Å². The Kier molecular flexibility index (Phi) is 7.82. The third-order valence-corrected chi connectivity index (χ3v) is 7.48. The van der Waals surface area contributed by atoms with E-state index in [1.807, 2.05) is 31.2 Å². The van der Waals surface area contributed by atoms with Crippen LogP contribution >= 0.6 is 0 Å². The number of piperidine rings is 1. The zero-order chi connectivity index (χ0) is 23.1. The summed E-state index contributed by atoms with van der Waals surface area (Å²) in [6.07, 6.45) is 2.45. The summed E-state index contributed by atoms with van der Waals surface area (Å²) >= 11 is 0. The number of carbonyl (C=O) groups is 2. The van der Waals surface area contributed by atoms with Crippen molar-refractivity contribution in [3.8, 4) is 0 Å². The number of amides is 2. The molecule has 1 aliphatic rings. The molecule has 2 N–H and O–H groups in total. The third-order valence-electron chi connectivity index (χ3n) is 5.65. The highest BCUT2D eigenvalue weighted by Gasteiger charge is 2.31. The van der Waals surface area contributed by atoms with Crippen LogP contribution in [0.4, 0.5) is 5.69 Å². The Morgan fingerprint density at radius 3 is 2.44 bits per heavy atom. The van der Waals surface area contributed by atoms with E-state index in [2.05, 4.69) is 17.2 Å². The van der Waals surface area contributed by atoms with Crippen molar-refractivity contribution in [2.45, 2.75) is 25.5 Å². The number of nitrogens with one attached hydrogen (secondary N) is 2. The Balaban J connectivity index is 1.60. The van der Waals surface area contributed by atoms with Crippen molar-refractivity contribution in [1.29, 1.82) is 0 Å². The summed E-state index contributed by atoms with van der Waals surface area (Å²) in [7, 11) is -3.45. The number of carbonyl (C=O) groups excluding carboxylic acids is 2. The van der Waals surface area contributed by atoms with Gasteiger partial charge in [0.2, 0.25) is 15.9 Å². The fraction of sp³-hybridized carbons (Fsp3) is 0.333. The van der Waals surface area contributed by atoms with Gasteiger partial charge in [-0.15, -0.1) is 6.58 Å². The minimum Gasteiger partial charge on any atom is -0.349 e. The summed E-state index contributed by atoms with van der Waals surface area (Å²) in [6.45, 7) is 6.41. The van der Waals surface area contributed by atoms with Gasteiger partial charge in [0, 0.05) is 25.6 Å². The molecule has 0 aliphatic carbocycles. The van der Waals surface area contributed by atoms with Crippen molar-refractivity contribution in [3.63, 3.8) is 0 Å². The Labute approximate surface area is 189 Å². The van der Waals surface area contributed by atoms with Crippen LogP contribution in [0.2, 0.25) is 0 Å². The van der Waals surface area contributed by atoms with E-state index < -0.39 is 10.0 Å². The fourth-order valence-corrected chi connectivity index (χ4v) is 5.41. The SMILES string of the molecule is C=CCNC(=O)c1ccccc1NC(=O)C1CCN(S(=O)(=O)Cc2ccccc2C)CC1. The molecule has 0 atom stereocenters. The molecule has 2 aromatic carbocycles. The Hall–Kier alpha value is -2.97. The van der Waals surface area contributed by atoms with Crippen LogP contribution in [0.15, 0.2) is 61.2 Å². The van der Waals surface area contributed by atoms with E-state index in [9.17, 15) is 18.0 Å². The van der Waals surface area contributed by atoms with Gasteiger partial charge in [-0.05, 0) is 43.0 Å². The zero-order valence-corrected chi connectivity index (χ0v) is 19.0. The van der Waals surface area contributed by atoms with Gasteiger partial charge in [-0.1, -0.05) is 42.5 Å². The first-order valence-electron chi connectivity index (χ1n) is 10.6. The van der Waals surface area contributed by atoms with Gasteiger partial charge < -0.3 is 10.6 Å². The lowest BCUT2D eigenvalue weighted by Crippen LogP contribution is -2.42. The van der Waals surface area contributed by atoms with Crippen LogP contribution in [0.1, 0.15) is 34.3 Å². The number of para-hydroxylation sites is 1. The van der Waals surface area contributed by atoms with Crippen LogP contribution in [-0.2, 0) is 20.6 Å². The largest absolute Gasteiger partial charge is 0.349 e. The molecule has 0 radical (unpaired) electrons. The lowest BCUT2D eigenvalue weighted by atomic mass is 9.97. The Morgan fingerprint density at radius 1 is 1.09 bits per heavy atom. The minimum atomic E-state index is -3.45. The maximum atomic E-state index is 12.9. The molecule has 2 amide bonds. The predicted octanol–water partition coefficient (Wildman–Crippen LogP) is 3.09. The van der Waals surface area contributed by atoms with Crippen LogP contribution in [-0.4, -0.2) is 44.2 Å². The molecule has 2 aromatic rings. The van der Waals surface area contributed by atoms with E-state index in [4.69, 9.17) is 0 Å². The number of rotatable bonds is 8. The molecule has 0 bridgehead atoms. The molecular formula is C24H29N3O4S. The number of anilines is 1. The molecule has 0 unspecified atom stereocenters.